The summed E-state index contributed by atoms with van der Waals surface area (Å²) in [6.07, 6.45) is 3.67. The minimum absolute atomic E-state index is 0.177. The average molecular weight is 469 g/mol. The van der Waals surface area contributed by atoms with Gasteiger partial charge in [-0.25, -0.2) is 9.78 Å². The third-order valence-electron chi connectivity index (χ3n) is 6.02. The fraction of sp³-hybridized carbons (Fsp3) is 0.179. The van der Waals surface area contributed by atoms with Gasteiger partial charge in [0.15, 0.2) is 6.61 Å². The number of benzene rings is 2. The Balaban J connectivity index is 1.39. The van der Waals surface area contributed by atoms with Gasteiger partial charge in [-0.05, 0) is 60.1 Å². The lowest BCUT2D eigenvalue weighted by Gasteiger charge is -2.15. The number of amides is 1. The Morgan fingerprint density at radius 2 is 1.85 bits per heavy atom. The summed E-state index contributed by atoms with van der Waals surface area (Å²) < 4.78 is 5.50. The number of thiophene rings is 1. The van der Waals surface area contributed by atoms with Crippen LogP contribution in [0.3, 0.4) is 0 Å². The number of hydrogen-bond acceptors (Lipinski definition) is 5. The number of para-hydroxylation sites is 1. The number of allylic oxidation sites excluding steroid dienone is 1. The van der Waals surface area contributed by atoms with Crippen LogP contribution in [-0.2, 0) is 16.0 Å². The zero-order valence-corrected chi connectivity index (χ0v) is 19.6. The van der Waals surface area contributed by atoms with Gasteiger partial charge in [-0.2, -0.15) is 0 Å². The molecule has 0 saturated carbocycles. The molecule has 2 aromatic carbocycles. The fourth-order valence-corrected chi connectivity index (χ4v) is 5.05. The Morgan fingerprint density at radius 1 is 1.06 bits per heavy atom. The molecule has 0 saturated heterocycles. The summed E-state index contributed by atoms with van der Waals surface area (Å²) in [5.41, 5.74) is 5.11. The number of nitrogens with one attached hydrogen (secondary N) is 1. The molecule has 0 fully saturated rings. The van der Waals surface area contributed by atoms with Crippen LogP contribution in [0.5, 0.6) is 0 Å². The summed E-state index contributed by atoms with van der Waals surface area (Å²) in [6, 6.07) is 21.2. The topological polar surface area (TPSA) is 68.3 Å². The number of esters is 1. The van der Waals surface area contributed by atoms with E-state index in [1.54, 1.807) is 11.3 Å². The van der Waals surface area contributed by atoms with Gasteiger partial charge in [0.25, 0.3) is 5.91 Å². The molecule has 2 heterocycles. The van der Waals surface area contributed by atoms with Crippen LogP contribution < -0.4 is 5.32 Å². The second kappa shape index (κ2) is 9.61. The van der Waals surface area contributed by atoms with Gasteiger partial charge < -0.3 is 10.1 Å². The third kappa shape index (κ3) is 4.50. The molecule has 1 atom stereocenters. The predicted molar refractivity (Wildman–Crippen MR) is 136 cm³/mol. The van der Waals surface area contributed by atoms with Gasteiger partial charge in [0, 0.05) is 10.3 Å². The van der Waals surface area contributed by atoms with Crippen LogP contribution >= 0.6 is 11.3 Å². The number of fused-ring (bicyclic) bond motifs is 2. The van der Waals surface area contributed by atoms with Crippen molar-refractivity contribution in [2.24, 2.45) is 0 Å². The summed E-state index contributed by atoms with van der Waals surface area (Å²) in [4.78, 5) is 31.8. The molecule has 34 heavy (non-hydrogen) atoms. The van der Waals surface area contributed by atoms with Crippen molar-refractivity contribution in [3.05, 3.63) is 99.4 Å². The summed E-state index contributed by atoms with van der Waals surface area (Å²) in [6.45, 7) is 1.57. The van der Waals surface area contributed by atoms with Gasteiger partial charge in [-0.15, -0.1) is 11.3 Å². The smallest absolute Gasteiger partial charge is 0.339 e. The number of carbonyl (C=O) groups excluding carboxylic acids is 2. The number of nitrogens with zero attached hydrogens (tertiary/aromatic N) is 1. The Morgan fingerprint density at radius 3 is 2.65 bits per heavy atom. The predicted octanol–water partition coefficient (Wildman–Crippen LogP) is 5.82. The van der Waals surface area contributed by atoms with E-state index in [2.05, 4.69) is 17.5 Å². The molecule has 1 N–H and O–H groups in total. The monoisotopic (exact) mass is 468 g/mol. The molecule has 0 bridgehead atoms. The van der Waals surface area contributed by atoms with Crippen LogP contribution in [0.15, 0.2) is 72.1 Å². The van der Waals surface area contributed by atoms with Crippen molar-refractivity contribution < 1.29 is 14.3 Å². The fourth-order valence-electron chi connectivity index (χ4n) is 4.37. The number of hydrogen-bond donors (Lipinski definition) is 1. The molecule has 6 heteroatoms. The van der Waals surface area contributed by atoms with E-state index in [9.17, 15) is 9.59 Å². The molecule has 0 aliphatic heterocycles. The molecule has 170 valence electrons. The molecule has 2 aromatic heterocycles. The van der Waals surface area contributed by atoms with E-state index in [-0.39, 0.29) is 18.6 Å². The van der Waals surface area contributed by atoms with Gasteiger partial charge >= 0.3 is 5.97 Å². The van der Waals surface area contributed by atoms with E-state index in [0.717, 1.165) is 44.6 Å². The highest BCUT2D eigenvalue weighted by atomic mass is 32.1. The highest BCUT2D eigenvalue weighted by Crippen LogP contribution is 2.38. The summed E-state index contributed by atoms with van der Waals surface area (Å²) >= 11 is 1.67. The first-order valence-corrected chi connectivity index (χ1v) is 12.2. The van der Waals surface area contributed by atoms with Crippen LogP contribution in [0.2, 0.25) is 0 Å². The second-order valence-corrected chi connectivity index (χ2v) is 9.27. The van der Waals surface area contributed by atoms with Gasteiger partial charge in [0.05, 0.1) is 22.8 Å². The molecule has 1 aliphatic carbocycles. The summed E-state index contributed by atoms with van der Waals surface area (Å²) in [7, 11) is 0. The molecule has 5 rings (SSSR count). The van der Waals surface area contributed by atoms with Crippen molar-refractivity contribution in [3.63, 3.8) is 0 Å². The van der Waals surface area contributed by atoms with Gasteiger partial charge in [-0.3, -0.25) is 4.79 Å². The standard InChI is InChI=1S/C28H24N2O3S/c1-18(19-8-3-2-4-9-19)29-25(31)17-33-28(32)26-22-11-5-6-12-24(22)30-27-20(13-14-23(26)27)16-21-10-7-15-34-21/h2-12,15-16,18H,13-14,17H2,1H3,(H,29,31)/b20-16+/t18-/m1/s1. The van der Waals surface area contributed by atoms with Crippen LogP contribution in [-0.4, -0.2) is 23.5 Å². The maximum absolute atomic E-state index is 13.3. The number of aromatic nitrogens is 1. The average Bonchev–Trinajstić information content (AvgIpc) is 3.52. The van der Waals surface area contributed by atoms with E-state index in [0.29, 0.717) is 12.0 Å². The summed E-state index contributed by atoms with van der Waals surface area (Å²) in [5, 5.41) is 5.68. The lowest BCUT2D eigenvalue weighted by atomic mass is 10.0. The Bertz CT molecular complexity index is 1380. The highest BCUT2D eigenvalue weighted by molar-refractivity contribution is 7.10. The Hall–Kier alpha value is -3.77. The van der Waals surface area contributed by atoms with Gasteiger partial charge in [0.1, 0.15) is 0 Å². The molecule has 4 aromatic rings. The van der Waals surface area contributed by atoms with E-state index < -0.39 is 5.97 Å². The molecule has 1 aliphatic rings. The van der Waals surface area contributed by atoms with Crippen LogP contribution in [0.4, 0.5) is 0 Å². The maximum atomic E-state index is 13.3. The molecular weight excluding hydrogens is 444 g/mol. The van der Waals surface area contributed by atoms with Gasteiger partial charge in [0.2, 0.25) is 0 Å². The van der Waals surface area contributed by atoms with Crippen LogP contribution in [0.1, 0.15) is 51.4 Å². The highest BCUT2D eigenvalue weighted by Gasteiger charge is 2.28. The minimum Gasteiger partial charge on any atom is -0.452 e. The number of pyridine rings is 1. The van der Waals surface area contributed by atoms with Crippen molar-refractivity contribution in [3.8, 4) is 0 Å². The number of carbonyl (C=O) groups is 2. The normalized spacial score (nSPS) is 14.7. The SMILES string of the molecule is C[C@@H](NC(=O)COC(=O)c1c2c(nc3ccccc13)/C(=C/c1cccs1)CC2)c1ccccc1. The number of ether oxygens (including phenoxy) is 1. The molecule has 0 radical (unpaired) electrons. The van der Waals surface area contributed by atoms with Crippen LogP contribution in [0, 0.1) is 0 Å². The largest absolute Gasteiger partial charge is 0.452 e. The second-order valence-electron chi connectivity index (χ2n) is 8.29. The summed E-state index contributed by atoms with van der Waals surface area (Å²) in [5.74, 6) is -0.826. The zero-order valence-electron chi connectivity index (χ0n) is 18.8. The zero-order chi connectivity index (χ0) is 23.5. The van der Waals surface area contributed by atoms with E-state index in [4.69, 9.17) is 9.72 Å². The molecule has 0 unspecified atom stereocenters. The first kappa shape index (κ1) is 22.0. The Labute approximate surface area is 202 Å². The lowest BCUT2D eigenvalue weighted by molar-refractivity contribution is -0.124. The van der Waals surface area contributed by atoms with E-state index in [1.807, 2.05) is 73.0 Å². The quantitative estimate of drug-likeness (QED) is 0.362. The first-order valence-electron chi connectivity index (χ1n) is 11.3. The Kier molecular flexibility index (Phi) is 6.23. The molecular formula is C28H24N2O3S. The first-order chi connectivity index (χ1) is 16.6. The van der Waals surface area contributed by atoms with Crippen molar-refractivity contribution in [1.29, 1.82) is 0 Å². The molecule has 1 amide bonds. The molecule has 5 nitrogen and oxygen atoms in total. The van der Waals surface area contributed by atoms with Crippen molar-refractivity contribution in [2.75, 3.05) is 6.61 Å². The maximum Gasteiger partial charge on any atom is 0.339 e. The van der Waals surface area contributed by atoms with E-state index >= 15 is 0 Å². The van der Waals surface area contributed by atoms with Crippen LogP contribution in [0.25, 0.3) is 22.6 Å². The number of rotatable bonds is 6. The van der Waals surface area contributed by atoms with Gasteiger partial charge in [-0.1, -0.05) is 54.6 Å². The molecule has 0 spiro atoms. The minimum atomic E-state index is -0.491. The van der Waals surface area contributed by atoms with Crippen molar-refractivity contribution in [1.82, 2.24) is 10.3 Å². The lowest BCUT2D eigenvalue weighted by Crippen LogP contribution is -2.31. The van der Waals surface area contributed by atoms with E-state index in [1.165, 1.54) is 0 Å². The van der Waals surface area contributed by atoms with Crippen molar-refractivity contribution in [2.45, 2.75) is 25.8 Å². The third-order valence-corrected chi connectivity index (χ3v) is 6.84. The van der Waals surface area contributed by atoms with Crippen molar-refractivity contribution >= 4 is 45.8 Å².